The Hall–Kier alpha value is -2.46. The molecule has 0 saturated heterocycles. The van der Waals surface area contributed by atoms with Gasteiger partial charge in [0.15, 0.2) is 5.58 Å². The van der Waals surface area contributed by atoms with E-state index >= 15 is 0 Å². The maximum absolute atomic E-state index is 13.2. The lowest BCUT2D eigenvalue weighted by atomic mass is 10.2. The van der Waals surface area contributed by atoms with Gasteiger partial charge < -0.3 is 8.98 Å². The predicted octanol–water partition coefficient (Wildman–Crippen LogP) is 1.37. The van der Waals surface area contributed by atoms with Gasteiger partial charge in [-0.1, -0.05) is 0 Å². The lowest BCUT2D eigenvalue weighted by Gasteiger charge is -2.31. The predicted molar refractivity (Wildman–Crippen MR) is 95.8 cm³/mol. The van der Waals surface area contributed by atoms with Crippen LogP contribution < -0.4 is 5.76 Å². The maximum atomic E-state index is 13.2. The molecule has 1 aliphatic heterocycles. The van der Waals surface area contributed by atoms with Gasteiger partial charge in [0, 0.05) is 25.6 Å². The maximum Gasteiger partial charge on any atom is 0.419 e. The van der Waals surface area contributed by atoms with E-state index in [1.165, 1.54) is 27.1 Å². The molecule has 2 aromatic heterocycles. The number of nitrogens with zero attached hydrogens (tertiary/aromatic N) is 5. The van der Waals surface area contributed by atoms with Crippen LogP contribution in [-0.2, 0) is 23.6 Å². The molecule has 1 atom stereocenters. The average molecular weight is 389 g/mol. The molecule has 0 N–H and O–H groups in total. The van der Waals surface area contributed by atoms with Crippen LogP contribution in [0.3, 0.4) is 0 Å². The van der Waals surface area contributed by atoms with Crippen LogP contribution in [0, 0.1) is 0 Å². The summed E-state index contributed by atoms with van der Waals surface area (Å²) in [5.41, 5.74) is 0.813. The topological polar surface area (TPSA) is 103 Å². The molecule has 27 heavy (non-hydrogen) atoms. The summed E-state index contributed by atoms with van der Waals surface area (Å²) in [5, 5.41) is 8.54. The molecule has 0 amide bonds. The van der Waals surface area contributed by atoms with Crippen molar-refractivity contribution in [3.05, 3.63) is 40.4 Å². The van der Waals surface area contributed by atoms with E-state index in [2.05, 4.69) is 14.8 Å². The molecular formula is C17H19N5O4S. The van der Waals surface area contributed by atoms with Gasteiger partial charge in [0.05, 0.1) is 17.0 Å². The van der Waals surface area contributed by atoms with Crippen LogP contribution in [0.15, 0.2) is 32.3 Å². The third kappa shape index (κ3) is 2.47. The molecule has 1 fully saturated rings. The van der Waals surface area contributed by atoms with E-state index in [4.69, 9.17) is 4.42 Å². The minimum absolute atomic E-state index is 0.0314. The zero-order valence-corrected chi connectivity index (χ0v) is 15.8. The summed E-state index contributed by atoms with van der Waals surface area (Å²) in [6.45, 7) is 2.54. The van der Waals surface area contributed by atoms with Crippen molar-refractivity contribution in [2.24, 2.45) is 7.05 Å². The summed E-state index contributed by atoms with van der Waals surface area (Å²) in [6, 6.07) is 4.44. The molecule has 0 spiro atoms. The van der Waals surface area contributed by atoms with Crippen molar-refractivity contribution in [1.82, 2.24) is 23.6 Å². The number of hydrogen-bond acceptors (Lipinski definition) is 6. The molecule has 9 nitrogen and oxygen atoms in total. The molecule has 3 aromatic rings. The first-order valence-corrected chi connectivity index (χ1v) is 10.3. The molecule has 0 unspecified atom stereocenters. The van der Waals surface area contributed by atoms with Crippen LogP contribution in [0.5, 0.6) is 0 Å². The van der Waals surface area contributed by atoms with Crippen molar-refractivity contribution in [1.29, 1.82) is 0 Å². The first kappa shape index (κ1) is 16.7. The van der Waals surface area contributed by atoms with Gasteiger partial charge in [-0.3, -0.25) is 4.57 Å². The highest BCUT2D eigenvalue weighted by molar-refractivity contribution is 7.89. The fourth-order valence-electron chi connectivity index (χ4n) is 3.74. The van der Waals surface area contributed by atoms with Crippen molar-refractivity contribution in [2.75, 3.05) is 6.54 Å². The molecule has 0 radical (unpaired) electrons. The second-order valence-electron chi connectivity index (χ2n) is 7.32. The van der Waals surface area contributed by atoms with Crippen molar-refractivity contribution >= 4 is 21.1 Å². The van der Waals surface area contributed by atoms with Gasteiger partial charge >= 0.3 is 5.76 Å². The quantitative estimate of drug-likeness (QED) is 0.670. The van der Waals surface area contributed by atoms with E-state index in [1.54, 1.807) is 7.05 Å². The smallest absolute Gasteiger partial charge is 0.408 e. The molecule has 5 rings (SSSR count). The van der Waals surface area contributed by atoms with Crippen molar-refractivity contribution in [2.45, 2.75) is 43.2 Å². The fourth-order valence-corrected chi connectivity index (χ4v) is 5.24. The lowest BCUT2D eigenvalue weighted by molar-refractivity contribution is 0.287. The molecule has 2 aliphatic rings. The summed E-state index contributed by atoms with van der Waals surface area (Å²) < 4.78 is 36.3. The van der Waals surface area contributed by atoms with Gasteiger partial charge in [-0.05, 0) is 38.0 Å². The molecule has 1 aromatic carbocycles. The summed E-state index contributed by atoms with van der Waals surface area (Å²) >= 11 is 0. The van der Waals surface area contributed by atoms with Crippen molar-refractivity contribution in [3.8, 4) is 0 Å². The van der Waals surface area contributed by atoms with Crippen LogP contribution in [0.25, 0.3) is 11.1 Å². The number of hydrogen-bond donors (Lipinski definition) is 0. The Balaban J connectivity index is 1.53. The van der Waals surface area contributed by atoms with Crippen LogP contribution in [0.1, 0.15) is 43.4 Å². The molecule has 1 saturated carbocycles. The normalized spacial score (nSPS) is 20.9. The zero-order chi connectivity index (χ0) is 18.9. The molecule has 10 heteroatoms. The number of rotatable bonds is 3. The number of aryl methyl sites for hydroxylation is 1. The molecule has 1 aliphatic carbocycles. The SMILES string of the molecule is C[C@H]1CN(S(=O)(=O)c2ccc3oc(=O)n(C)c3c2)Cc2nnc(C3CC3)n21. The lowest BCUT2D eigenvalue weighted by Crippen LogP contribution is -2.40. The Labute approximate surface area is 155 Å². The number of oxazole rings is 1. The van der Waals surface area contributed by atoms with Crippen LogP contribution in [0.4, 0.5) is 0 Å². The monoisotopic (exact) mass is 389 g/mol. The van der Waals surface area contributed by atoms with Gasteiger partial charge in [-0.25, -0.2) is 13.2 Å². The summed E-state index contributed by atoms with van der Waals surface area (Å²) in [5.74, 6) is 1.59. The van der Waals surface area contributed by atoms with E-state index in [0.29, 0.717) is 29.4 Å². The second kappa shape index (κ2) is 5.52. The molecule has 142 valence electrons. The van der Waals surface area contributed by atoms with Crippen LogP contribution >= 0.6 is 0 Å². The molecule has 3 heterocycles. The number of aromatic nitrogens is 4. The van der Waals surface area contributed by atoms with E-state index in [9.17, 15) is 13.2 Å². The van der Waals surface area contributed by atoms with Gasteiger partial charge in [0.2, 0.25) is 10.0 Å². The highest BCUT2D eigenvalue weighted by atomic mass is 32.2. The standard InChI is InChI=1S/C17H19N5O4S/c1-10-8-21(9-15-18-19-16(22(10)15)11-3-4-11)27(24,25)12-5-6-14-13(7-12)20(2)17(23)26-14/h5-7,10-11H,3-4,8-9H2,1-2H3/t10-/m0/s1. The Bertz CT molecular complexity index is 1220. The van der Waals surface area contributed by atoms with Crippen molar-refractivity contribution < 1.29 is 12.8 Å². The van der Waals surface area contributed by atoms with Gasteiger partial charge in [0.25, 0.3) is 0 Å². The molecule has 0 bridgehead atoms. The number of sulfonamides is 1. The number of fused-ring (bicyclic) bond motifs is 2. The fraction of sp³-hybridized carbons (Fsp3) is 0.471. The van der Waals surface area contributed by atoms with Gasteiger partial charge in [-0.2, -0.15) is 4.31 Å². The van der Waals surface area contributed by atoms with E-state index < -0.39 is 15.8 Å². The average Bonchev–Trinajstić information content (AvgIpc) is 3.33. The van der Waals surface area contributed by atoms with Crippen LogP contribution in [0.2, 0.25) is 0 Å². The van der Waals surface area contributed by atoms with E-state index in [1.807, 2.05) is 6.92 Å². The van der Waals surface area contributed by atoms with Crippen LogP contribution in [-0.4, -0.2) is 38.6 Å². The minimum Gasteiger partial charge on any atom is -0.408 e. The second-order valence-corrected chi connectivity index (χ2v) is 9.26. The Kier molecular flexibility index (Phi) is 3.41. The number of benzene rings is 1. The summed E-state index contributed by atoms with van der Waals surface area (Å²) in [7, 11) is -2.19. The van der Waals surface area contributed by atoms with Crippen molar-refractivity contribution in [3.63, 3.8) is 0 Å². The highest BCUT2D eigenvalue weighted by Gasteiger charge is 2.38. The third-order valence-electron chi connectivity index (χ3n) is 5.36. The first-order valence-electron chi connectivity index (χ1n) is 8.89. The Morgan fingerprint density at radius 3 is 2.74 bits per heavy atom. The largest absolute Gasteiger partial charge is 0.419 e. The third-order valence-corrected chi connectivity index (χ3v) is 7.17. The first-order chi connectivity index (χ1) is 12.9. The van der Waals surface area contributed by atoms with E-state index in [-0.39, 0.29) is 17.5 Å². The Morgan fingerprint density at radius 2 is 2.00 bits per heavy atom. The summed E-state index contributed by atoms with van der Waals surface area (Å²) in [6.07, 6.45) is 2.24. The minimum atomic E-state index is -3.74. The summed E-state index contributed by atoms with van der Waals surface area (Å²) in [4.78, 5) is 11.8. The van der Waals surface area contributed by atoms with Gasteiger partial charge in [-0.15, -0.1) is 10.2 Å². The van der Waals surface area contributed by atoms with Gasteiger partial charge in [0.1, 0.15) is 11.6 Å². The highest BCUT2D eigenvalue weighted by Crippen LogP contribution is 2.41. The Morgan fingerprint density at radius 1 is 1.22 bits per heavy atom. The molecular weight excluding hydrogens is 370 g/mol. The van der Waals surface area contributed by atoms with E-state index in [0.717, 1.165) is 18.7 Å². The zero-order valence-electron chi connectivity index (χ0n) is 15.0.